The molecule has 2 unspecified atom stereocenters. The highest BCUT2D eigenvalue weighted by Gasteiger charge is 2.38. The lowest BCUT2D eigenvalue weighted by Gasteiger charge is -2.43. The van der Waals surface area contributed by atoms with Crippen LogP contribution >= 0.6 is 0 Å². The van der Waals surface area contributed by atoms with Crippen LogP contribution < -0.4 is 9.80 Å². The van der Waals surface area contributed by atoms with E-state index in [-0.39, 0.29) is 23.9 Å². The summed E-state index contributed by atoms with van der Waals surface area (Å²) in [5, 5.41) is 0. The summed E-state index contributed by atoms with van der Waals surface area (Å²) in [6, 6.07) is 20.6. The van der Waals surface area contributed by atoms with Gasteiger partial charge >= 0.3 is 0 Å². The predicted octanol–water partition coefficient (Wildman–Crippen LogP) is 4.81. The molecule has 1 aromatic heterocycles. The Hall–Kier alpha value is -3.34. The first-order chi connectivity index (χ1) is 13.6. The molecular weight excluding hydrogens is 352 g/mol. The summed E-state index contributed by atoms with van der Waals surface area (Å²) in [4.78, 5) is 29.3. The van der Waals surface area contributed by atoms with Gasteiger partial charge in [0.05, 0.1) is 12.3 Å². The Labute approximate surface area is 164 Å². The minimum Gasteiger partial charge on any atom is -0.459 e. The number of hydrogen-bond donors (Lipinski definition) is 0. The SMILES string of the molecule is CC(=O)N(c1ccccc1)C1CC(C)N(C(=O)c2ccco2)c2ccccc21. The fourth-order valence-electron chi connectivity index (χ4n) is 4.02. The van der Waals surface area contributed by atoms with Gasteiger partial charge in [-0.2, -0.15) is 0 Å². The molecule has 2 atom stereocenters. The quantitative estimate of drug-likeness (QED) is 0.661. The van der Waals surface area contributed by atoms with Crippen LogP contribution in [0.25, 0.3) is 0 Å². The number of rotatable bonds is 3. The van der Waals surface area contributed by atoms with E-state index >= 15 is 0 Å². The van der Waals surface area contributed by atoms with Crippen molar-refractivity contribution in [2.75, 3.05) is 9.80 Å². The Balaban J connectivity index is 1.79. The fourth-order valence-corrected chi connectivity index (χ4v) is 4.02. The van der Waals surface area contributed by atoms with E-state index in [0.717, 1.165) is 16.9 Å². The minimum atomic E-state index is -0.169. The van der Waals surface area contributed by atoms with Crippen molar-refractivity contribution in [3.05, 3.63) is 84.3 Å². The van der Waals surface area contributed by atoms with Gasteiger partial charge in [0.15, 0.2) is 5.76 Å². The maximum atomic E-state index is 13.1. The number of nitrogens with zero attached hydrogens (tertiary/aromatic N) is 2. The number of anilines is 2. The molecule has 0 saturated heterocycles. The molecule has 1 aliphatic heterocycles. The number of amides is 2. The van der Waals surface area contributed by atoms with Gasteiger partial charge in [-0.3, -0.25) is 9.59 Å². The van der Waals surface area contributed by atoms with Crippen molar-refractivity contribution in [3.63, 3.8) is 0 Å². The van der Waals surface area contributed by atoms with Gasteiger partial charge in [0, 0.05) is 24.3 Å². The molecule has 2 aromatic carbocycles. The molecule has 0 spiro atoms. The molecule has 0 N–H and O–H groups in total. The normalized spacial score (nSPS) is 18.4. The second-order valence-corrected chi connectivity index (χ2v) is 7.04. The van der Waals surface area contributed by atoms with Gasteiger partial charge in [-0.25, -0.2) is 0 Å². The lowest BCUT2D eigenvalue weighted by atomic mass is 9.89. The predicted molar refractivity (Wildman–Crippen MR) is 108 cm³/mol. The Morgan fingerprint density at radius 1 is 1.00 bits per heavy atom. The Morgan fingerprint density at radius 3 is 2.39 bits per heavy atom. The van der Waals surface area contributed by atoms with Crippen LogP contribution in [0.5, 0.6) is 0 Å². The van der Waals surface area contributed by atoms with E-state index in [0.29, 0.717) is 12.2 Å². The molecule has 0 aliphatic carbocycles. The number of fused-ring (bicyclic) bond motifs is 1. The molecule has 142 valence electrons. The molecule has 1 aliphatic rings. The van der Waals surface area contributed by atoms with Gasteiger partial charge in [-0.15, -0.1) is 0 Å². The third kappa shape index (κ3) is 3.09. The summed E-state index contributed by atoms with van der Waals surface area (Å²) in [5.41, 5.74) is 2.63. The molecule has 4 rings (SSSR count). The first-order valence-corrected chi connectivity index (χ1v) is 9.38. The number of benzene rings is 2. The lowest BCUT2D eigenvalue weighted by Crippen LogP contribution is -2.47. The van der Waals surface area contributed by atoms with Crippen LogP contribution in [0, 0.1) is 0 Å². The highest BCUT2D eigenvalue weighted by atomic mass is 16.3. The van der Waals surface area contributed by atoms with E-state index < -0.39 is 0 Å². The molecular formula is C23H22N2O3. The van der Waals surface area contributed by atoms with Crippen molar-refractivity contribution in [1.29, 1.82) is 0 Å². The van der Waals surface area contributed by atoms with Crippen LogP contribution in [0.1, 0.15) is 42.4 Å². The van der Waals surface area contributed by atoms with Crippen molar-refractivity contribution >= 4 is 23.2 Å². The molecule has 0 saturated carbocycles. The smallest absolute Gasteiger partial charge is 0.294 e. The lowest BCUT2D eigenvalue weighted by molar-refractivity contribution is -0.117. The summed E-state index contributed by atoms with van der Waals surface area (Å²) in [5.74, 6) is 0.119. The third-order valence-electron chi connectivity index (χ3n) is 5.20. The summed E-state index contributed by atoms with van der Waals surface area (Å²) in [6.07, 6.45) is 2.14. The fraction of sp³-hybridized carbons (Fsp3) is 0.217. The first kappa shape index (κ1) is 18.0. The molecule has 2 heterocycles. The standard InChI is InChI=1S/C23H22N2O3/c1-16-15-21(25(17(2)26)18-9-4-3-5-10-18)19-11-6-7-12-20(19)24(16)23(27)22-13-8-14-28-22/h3-14,16,21H,15H2,1-2H3. The van der Waals surface area contributed by atoms with E-state index in [2.05, 4.69) is 0 Å². The summed E-state index contributed by atoms with van der Waals surface area (Å²) in [6.45, 7) is 3.59. The van der Waals surface area contributed by atoms with Crippen LogP contribution in [0.4, 0.5) is 11.4 Å². The average molecular weight is 374 g/mol. The minimum absolute atomic E-state index is 0.0241. The van der Waals surface area contributed by atoms with Crippen molar-refractivity contribution < 1.29 is 14.0 Å². The number of para-hydroxylation sites is 2. The Morgan fingerprint density at radius 2 is 1.71 bits per heavy atom. The van der Waals surface area contributed by atoms with E-state index in [1.807, 2.05) is 66.4 Å². The first-order valence-electron chi connectivity index (χ1n) is 9.38. The molecule has 2 amide bonds. The second-order valence-electron chi connectivity index (χ2n) is 7.04. The van der Waals surface area contributed by atoms with E-state index in [1.54, 1.807) is 24.0 Å². The number of carbonyl (C=O) groups is 2. The van der Waals surface area contributed by atoms with E-state index in [4.69, 9.17) is 4.42 Å². The van der Waals surface area contributed by atoms with Crippen molar-refractivity contribution in [2.24, 2.45) is 0 Å². The average Bonchev–Trinajstić information content (AvgIpc) is 3.23. The van der Waals surface area contributed by atoms with Gasteiger partial charge in [0.2, 0.25) is 5.91 Å². The zero-order chi connectivity index (χ0) is 19.7. The van der Waals surface area contributed by atoms with Crippen LogP contribution in [0.2, 0.25) is 0 Å². The Bertz CT molecular complexity index is 982. The zero-order valence-electron chi connectivity index (χ0n) is 15.9. The van der Waals surface area contributed by atoms with Crippen LogP contribution in [0.15, 0.2) is 77.4 Å². The highest BCUT2D eigenvalue weighted by molar-refractivity contribution is 6.06. The molecule has 0 fully saturated rings. The van der Waals surface area contributed by atoms with Crippen LogP contribution in [0.3, 0.4) is 0 Å². The maximum absolute atomic E-state index is 13.1. The van der Waals surface area contributed by atoms with Crippen molar-refractivity contribution in [2.45, 2.75) is 32.4 Å². The zero-order valence-corrected chi connectivity index (χ0v) is 15.9. The van der Waals surface area contributed by atoms with Gasteiger partial charge < -0.3 is 14.2 Å². The van der Waals surface area contributed by atoms with Gasteiger partial charge in [0.1, 0.15) is 0 Å². The topological polar surface area (TPSA) is 53.8 Å². The summed E-state index contributed by atoms with van der Waals surface area (Å²) < 4.78 is 5.34. The second kappa shape index (κ2) is 7.35. The summed E-state index contributed by atoms with van der Waals surface area (Å²) >= 11 is 0. The van der Waals surface area contributed by atoms with Gasteiger partial charge in [-0.1, -0.05) is 36.4 Å². The molecule has 3 aromatic rings. The molecule has 0 radical (unpaired) electrons. The summed E-state index contributed by atoms with van der Waals surface area (Å²) in [7, 11) is 0. The molecule has 0 bridgehead atoms. The Kier molecular flexibility index (Phi) is 4.74. The molecule has 28 heavy (non-hydrogen) atoms. The van der Waals surface area contributed by atoms with Crippen molar-refractivity contribution in [1.82, 2.24) is 0 Å². The molecule has 5 heteroatoms. The molecule has 5 nitrogen and oxygen atoms in total. The van der Waals surface area contributed by atoms with Crippen LogP contribution in [-0.4, -0.2) is 17.9 Å². The third-order valence-corrected chi connectivity index (χ3v) is 5.20. The number of hydrogen-bond acceptors (Lipinski definition) is 3. The maximum Gasteiger partial charge on any atom is 0.294 e. The van der Waals surface area contributed by atoms with E-state index in [9.17, 15) is 9.59 Å². The van der Waals surface area contributed by atoms with E-state index in [1.165, 1.54) is 6.26 Å². The van der Waals surface area contributed by atoms with Crippen molar-refractivity contribution in [3.8, 4) is 0 Å². The monoisotopic (exact) mass is 374 g/mol. The van der Waals surface area contributed by atoms with Crippen LogP contribution in [-0.2, 0) is 4.79 Å². The number of carbonyl (C=O) groups excluding carboxylic acids is 2. The van der Waals surface area contributed by atoms with Gasteiger partial charge in [-0.05, 0) is 49.2 Å². The largest absolute Gasteiger partial charge is 0.459 e. The number of furan rings is 1. The highest BCUT2D eigenvalue weighted by Crippen LogP contribution is 2.42. The van der Waals surface area contributed by atoms with Gasteiger partial charge in [0.25, 0.3) is 5.91 Å².